The van der Waals surface area contributed by atoms with Crippen molar-refractivity contribution in [1.29, 1.82) is 0 Å². The number of esters is 4. The van der Waals surface area contributed by atoms with Crippen molar-refractivity contribution >= 4 is 29.8 Å². The summed E-state index contributed by atoms with van der Waals surface area (Å²) in [6.45, 7) is 11.9. The summed E-state index contributed by atoms with van der Waals surface area (Å²) in [5.41, 5.74) is -5.03. The van der Waals surface area contributed by atoms with Crippen LogP contribution in [0.15, 0.2) is 23.0 Å². The number of hydrogen-bond donors (Lipinski definition) is 1. The van der Waals surface area contributed by atoms with Crippen LogP contribution in [0.5, 0.6) is 0 Å². The van der Waals surface area contributed by atoms with Gasteiger partial charge in [-0.3, -0.25) is 19.2 Å². The summed E-state index contributed by atoms with van der Waals surface area (Å²) < 4.78 is 36.0. The van der Waals surface area contributed by atoms with Gasteiger partial charge in [-0.25, -0.2) is 4.79 Å². The van der Waals surface area contributed by atoms with Crippen molar-refractivity contribution in [3.63, 3.8) is 0 Å². The zero-order chi connectivity index (χ0) is 32.2. The third kappa shape index (κ3) is 3.88. The summed E-state index contributed by atoms with van der Waals surface area (Å²) in [5, 5.41) is 10.3. The van der Waals surface area contributed by atoms with Gasteiger partial charge in [0.1, 0.15) is 29.5 Å². The zero-order valence-electron chi connectivity index (χ0n) is 26.0. The lowest BCUT2D eigenvalue weighted by Crippen LogP contribution is -2.76. The maximum atomic E-state index is 13.6. The predicted molar refractivity (Wildman–Crippen MR) is 147 cm³/mol. The minimum Gasteiger partial charge on any atom is -0.481 e. The topological polar surface area (TPSA) is 168 Å². The lowest BCUT2D eigenvalue weighted by molar-refractivity contribution is -0.292. The molecule has 1 aromatic heterocycles. The van der Waals surface area contributed by atoms with Crippen LogP contribution in [-0.4, -0.2) is 64.5 Å². The summed E-state index contributed by atoms with van der Waals surface area (Å²) in [6.07, 6.45) is -0.838. The standard InChI is InChI=1S/C32H40O12/c1-15(33)40-20-12-23(37)43-28(3,4)19-11-21(41-16(2)34)31(7)24(30(19,20)6)18(10-22(35)36)13-29(5)25(17-8-9-39-14-17)42-27(38)26-32(29,31)44-26/h8-9,14,18-21,24-26H,10-13H2,1-7H3,(H,35,36). The largest absolute Gasteiger partial charge is 0.481 e. The molecule has 6 rings (SSSR count). The number of rotatable bonds is 5. The fourth-order valence-corrected chi connectivity index (χ4v) is 10.7. The number of cyclic esters (lactones) is 2. The number of carboxylic acid groups (broad SMARTS) is 1. The first-order valence-corrected chi connectivity index (χ1v) is 15.1. The molecule has 4 heterocycles. The molecule has 1 aromatic rings. The molecule has 0 aromatic carbocycles. The predicted octanol–water partition coefficient (Wildman–Crippen LogP) is 3.75. The van der Waals surface area contributed by atoms with Crippen LogP contribution in [0.25, 0.3) is 0 Å². The van der Waals surface area contributed by atoms with E-state index in [1.807, 2.05) is 20.8 Å². The first-order chi connectivity index (χ1) is 20.4. The molecule has 44 heavy (non-hydrogen) atoms. The second-order valence-electron chi connectivity index (χ2n) is 14.5. The van der Waals surface area contributed by atoms with Gasteiger partial charge in [-0.05, 0) is 44.6 Å². The number of furan rings is 1. The van der Waals surface area contributed by atoms with Crippen molar-refractivity contribution in [2.75, 3.05) is 0 Å². The van der Waals surface area contributed by atoms with Crippen LogP contribution in [0, 0.1) is 34.0 Å². The van der Waals surface area contributed by atoms with Crippen LogP contribution in [-0.2, 0) is 47.7 Å². The van der Waals surface area contributed by atoms with Crippen molar-refractivity contribution in [2.24, 2.45) is 34.0 Å². The van der Waals surface area contributed by atoms with E-state index < -0.39 is 99.5 Å². The Morgan fingerprint density at radius 2 is 1.66 bits per heavy atom. The van der Waals surface area contributed by atoms with E-state index in [0.717, 1.165) is 0 Å². The molecule has 12 nitrogen and oxygen atoms in total. The molecule has 0 bridgehead atoms. The molecule has 3 saturated heterocycles. The lowest BCUT2D eigenvalue weighted by atomic mass is 9.34. The highest BCUT2D eigenvalue weighted by atomic mass is 16.7. The quantitative estimate of drug-likeness (QED) is 0.289. The van der Waals surface area contributed by atoms with Gasteiger partial charge in [-0.2, -0.15) is 0 Å². The van der Waals surface area contributed by atoms with Crippen LogP contribution < -0.4 is 0 Å². The number of fused-ring (bicyclic) bond motifs is 3. The Morgan fingerprint density at radius 3 is 2.25 bits per heavy atom. The number of carbonyl (C=O) groups excluding carboxylic acids is 4. The summed E-state index contributed by atoms with van der Waals surface area (Å²) in [6, 6.07) is 1.70. The van der Waals surface area contributed by atoms with Gasteiger partial charge in [0.25, 0.3) is 0 Å². The number of ether oxygens (including phenoxy) is 5. The molecule has 5 aliphatic rings. The zero-order valence-corrected chi connectivity index (χ0v) is 26.0. The fraction of sp³-hybridized carbons (Fsp3) is 0.719. The minimum atomic E-state index is -1.26. The number of epoxide rings is 1. The minimum absolute atomic E-state index is 0.181. The normalized spacial score (nSPS) is 45.1. The van der Waals surface area contributed by atoms with E-state index in [9.17, 15) is 29.1 Å². The Balaban J connectivity index is 1.65. The van der Waals surface area contributed by atoms with Gasteiger partial charge in [0.15, 0.2) is 6.10 Å². The average Bonchev–Trinajstić information content (AvgIpc) is 3.47. The monoisotopic (exact) mass is 616 g/mol. The van der Waals surface area contributed by atoms with Gasteiger partial charge in [-0.15, -0.1) is 0 Å². The van der Waals surface area contributed by atoms with Crippen molar-refractivity contribution in [3.05, 3.63) is 24.2 Å². The second-order valence-corrected chi connectivity index (χ2v) is 14.5. The van der Waals surface area contributed by atoms with Gasteiger partial charge in [-0.1, -0.05) is 20.8 Å². The second kappa shape index (κ2) is 9.55. The molecule has 1 spiro atoms. The van der Waals surface area contributed by atoms with Gasteiger partial charge >= 0.3 is 29.8 Å². The number of carboxylic acids is 1. The van der Waals surface area contributed by atoms with E-state index in [2.05, 4.69) is 0 Å². The van der Waals surface area contributed by atoms with E-state index >= 15 is 0 Å². The molecule has 2 aliphatic carbocycles. The number of aliphatic carboxylic acids is 1. The highest BCUT2D eigenvalue weighted by molar-refractivity contribution is 5.83. The van der Waals surface area contributed by atoms with E-state index in [4.69, 9.17) is 28.1 Å². The Kier molecular flexibility index (Phi) is 6.64. The van der Waals surface area contributed by atoms with Gasteiger partial charge in [0.05, 0.1) is 18.9 Å². The smallest absolute Gasteiger partial charge is 0.339 e. The van der Waals surface area contributed by atoms with Crippen molar-refractivity contribution in [3.8, 4) is 0 Å². The molecular formula is C32H40O12. The van der Waals surface area contributed by atoms with Crippen molar-refractivity contribution in [1.82, 2.24) is 0 Å². The Labute approximate surface area is 255 Å². The van der Waals surface area contributed by atoms with Gasteiger partial charge in [0, 0.05) is 48.0 Å². The fourth-order valence-electron chi connectivity index (χ4n) is 10.7. The average molecular weight is 617 g/mol. The van der Waals surface area contributed by atoms with Crippen molar-refractivity contribution < 1.29 is 57.2 Å². The Morgan fingerprint density at radius 1 is 1.00 bits per heavy atom. The highest BCUT2D eigenvalue weighted by Gasteiger charge is 2.90. The third-order valence-electron chi connectivity index (χ3n) is 11.8. The molecule has 240 valence electrons. The number of hydrogen-bond acceptors (Lipinski definition) is 11. The first kappa shape index (κ1) is 30.6. The molecule has 12 heteroatoms. The summed E-state index contributed by atoms with van der Waals surface area (Å²) >= 11 is 0. The van der Waals surface area contributed by atoms with Crippen molar-refractivity contribution in [2.45, 2.75) is 110 Å². The Bertz CT molecular complexity index is 1420. The molecular weight excluding hydrogens is 576 g/mol. The van der Waals surface area contributed by atoms with E-state index in [1.54, 1.807) is 19.9 Å². The number of carbonyl (C=O) groups is 5. The maximum absolute atomic E-state index is 13.6. The first-order valence-electron chi connectivity index (χ1n) is 15.1. The summed E-state index contributed by atoms with van der Waals surface area (Å²) in [7, 11) is 0. The van der Waals surface area contributed by atoms with Crippen LogP contribution in [0.1, 0.15) is 85.8 Å². The molecule has 1 N–H and O–H groups in total. The highest BCUT2D eigenvalue weighted by Crippen LogP contribution is 2.81. The summed E-state index contributed by atoms with van der Waals surface area (Å²) in [4.78, 5) is 64.8. The molecule has 0 amide bonds. The van der Waals surface area contributed by atoms with Gasteiger partial charge < -0.3 is 33.2 Å². The summed E-state index contributed by atoms with van der Waals surface area (Å²) in [5.74, 6) is -5.16. The van der Waals surface area contributed by atoms with E-state index in [0.29, 0.717) is 5.56 Å². The maximum Gasteiger partial charge on any atom is 0.339 e. The SMILES string of the molecule is CC(=O)OC1CC(=O)OC(C)(C)C2CC(OC(C)=O)C3(C)C(C(CC(=O)O)CC4(C)C(c5ccoc5)OC(=O)C5OC543)C12C. The van der Waals surface area contributed by atoms with E-state index in [1.165, 1.54) is 26.4 Å². The van der Waals surface area contributed by atoms with Crippen LogP contribution >= 0.6 is 0 Å². The molecule has 3 aliphatic heterocycles. The van der Waals surface area contributed by atoms with E-state index in [-0.39, 0.29) is 25.7 Å². The molecule has 0 radical (unpaired) electrons. The van der Waals surface area contributed by atoms with Crippen LogP contribution in [0.3, 0.4) is 0 Å². The molecule has 5 fully saturated rings. The van der Waals surface area contributed by atoms with Crippen LogP contribution in [0.2, 0.25) is 0 Å². The molecule has 2 saturated carbocycles. The van der Waals surface area contributed by atoms with Gasteiger partial charge in [0.2, 0.25) is 0 Å². The third-order valence-corrected chi connectivity index (χ3v) is 11.8. The molecule has 11 unspecified atom stereocenters. The lowest BCUT2D eigenvalue weighted by Gasteiger charge is -2.70. The van der Waals surface area contributed by atoms with Crippen LogP contribution in [0.4, 0.5) is 0 Å². The Hall–Kier alpha value is -3.41. The molecule has 11 atom stereocenters.